The van der Waals surface area contributed by atoms with Crippen LogP contribution in [0.25, 0.3) is 10.9 Å². The van der Waals surface area contributed by atoms with Gasteiger partial charge in [0, 0.05) is 31.7 Å². The number of benzene rings is 2. The second-order valence-electron chi connectivity index (χ2n) is 6.56. The largest absolute Gasteiger partial charge is 0.326 e. The van der Waals surface area contributed by atoms with Gasteiger partial charge in [0.25, 0.3) is 5.91 Å². The fraction of sp³-hybridized carbons (Fsp3) is 0.150. The number of anilines is 2. The predicted molar refractivity (Wildman–Crippen MR) is 119 cm³/mol. The van der Waals surface area contributed by atoms with Gasteiger partial charge >= 0.3 is 6.03 Å². The third-order valence-corrected chi connectivity index (χ3v) is 5.96. The molecule has 148 valence electrons. The Morgan fingerprint density at radius 1 is 1.14 bits per heavy atom. The predicted octanol–water partition coefficient (Wildman–Crippen LogP) is 5.43. The molecule has 2 aromatic carbocycles. The number of amides is 3. The number of nitrogens with zero attached hydrogens (tertiary/aromatic N) is 3. The summed E-state index contributed by atoms with van der Waals surface area (Å²) in [5, 5.41) is 4.11. The zero-order valence-electron chi connectivity index (χ0n) is 15.2. The molecule has 1 saturated heterocycles. The van der Waals surface area contributed by atoms with Gasteiger partial charge in [-0.05, 0) is 34.1 Å². The van der Waals surface area contributed by atoms with Crippen LogP contribution < -0.4 is 10.2 Å². The molecule has 6 nitrogen and oxygen atoms in total. The summed E-state index contributed by atoms with van der Waals surface area (Å²) in [6, 6.07) is 10.2. The molecule has 0 saturated carbocycles. The lowest BCUT2D eigenvalue weighted by Crippen LogP contribution is -2.29. The lowest BCUT2D eigenvalue weighted by molar-refractivity contribution is 0.102. The first-order valence-electron chi connectivity index (χ1n) is 8.73. The Morgan fingerprint density at radius 2 is 1.83 bits per heavy atom. The molecule has 0 bridgehead atoms. The van der Waals surface area contributed by atoms with Crippen LogP contribution in [0.3, 0.4) is 0 Å². The number of hydrogen-bond donors (Lipinski definition) is 1. The van der Waals surface area contributed by atoms with Crippen LogP contribution in [0.15, 0.2) is 47.1 Å². The number of aromatic nitrogens is 1. The minimum atomic E-state index is -0.434. The Kier molecular flexibility index (Phi) is 5.38. The van der Waals surface area contributed by atoms with Crippen molar-refractivity contribution >= 4 is 73.3 Å². The fourth-order valence-electron chi connectivity index (χ4n) is 3.31. The summed E-state index contributed by atoms with van der Waals surface area (Å²) in [6.07, 6.45) is 1.63. The van der Waals surface area contributed by atoms with Gasteiger partial charge in [-0.2, -0.15) is 0 Å². The summed E-state index contributed by atoms with van der Waals surface area (Å²) in [6.45, 7) is 1.20. The molecule has 3 aromatic rings. The number of carbonyl (C=O) groups is 2. The smallest absolute Gasteiger partial charge is 0.324 e. The molecule has 9 heteroatoms. The maximum atomic E-state index is 12.8. The van der Waals surface area contributed by atoms with Crippen LogP contribution in [0.1, 0.15) is 10.4 Å². The topological polar surface area (TPSA) is 65.5 Å². The Labute approximate surface area is 185 Å². The summed E-state index contributed by atoms with van der Waals surface area (Å²) < 4.78 is 0.700. The number of halogens is 3. The Hall–Kier alpha value is -2.35. The molecule has 3 amide bonds. The number of fused-ring (bicyclic) bond motifs is 1. The van der Waals surface area contributed by atoms with Gasteiger partial charge in [0.2, 0.25) is 0 Å². The van der Waals surface area contributed by atoms with Crippen LogP contribution in [0.5, 0.6) is 0 Å². The SMILES string of the molecule is CN1CCN(c2c(Br)cnc3c(NC(=O)c4c(Cl)cccc4Cl)cccc23)C1=O. The van der Waals surface area contributed by atoms with E-state index >= 15 is 0 Å². The first-order chi connectivity index (χ1) is 13.9. The zero-order valence-corrected chi connectivity index (χ0v) is 18.3. The third-order valence-electron chi connectivity index (χ3n) is 4.75. The van der Waals surface area contributed by atoms with Gasteiger partial charge in [0.15, 0.2) is 0 Å². The summed E-state index contributed by atoms with van der Waals surface area (Å²) in [4.78, 5) is 33.2. The summed E-state index contributed by atoms with van der Waals surface area (Å²) in [5.74, 6) is -0.434. The van der Waals surface area contributed by atoms with E-state index in [-0.39, 0.29) is 21.6 Å². The second-order valence-corrected chi connectivity index (χ2v) is 8.23. The van der Waals surface area contributed by atoms with Crippen molar-refractivity contribution < 1.29 is 9.59 Å². The monoisotopic (exact) mass is 492 g/mol. The quantitative estimate of drug-likeness (QED) is 0.529. The molecule has 1 fully saturated rings. The van der Waals surface area contributed by atoms with Crippen molar-refractivity contribution in [3.05, 3.63) is 62.7 Å². The molecule has 4 rings (SSSR count). The number of urea groups is 1. The van der Waals surface area contributed by atoms with E-state index in [1.165, 1.54) is 0 Å². The molecule has 29 heavy (non-hydrogen) atoms. The van der Waals surface area contributed by atoms with E-state index in [1.807, 2.05) is 6.07 Å². The van der Waals surface area contributed by atoms with Gasteiger partial charge in [0.05, 0.1) is 37.0 Å². The van der Waals surface area contributed by atoms with Gasteiger partial charge in [0.1, 0.15) is 0 Å². The first kappa shape index (κ1) is 19.9. The number of para-hydroxylation sites is 1. The summed E-state index contributed by atoms with van der Waals surface area (Å²) >= 11 is 15.8. The highest BCUT2D eigenvalue weighted by Crippen LogP contribution is 2.37. The standard InChI is InChI=1S/C20H15BrCl2N4O2/c1-26-8-9-27(20(26)29)18-11-4-2-7-15(17(11)24-10-12(18)21)25-19(28)16-13(22)5-3-6-14(16)23/h2-7,10H,8-9H2,1H3,(H,25,28). The number of carbonyl (C=O) groups excluding carboxylic acids is 2. The molecular formula is C20H15BrCl2N4O2. The number of rotatable bonds is 3. The van der Waals surface area contributed by atoms with Crippen molar-refractivity contribution in [2.75, 3.05) is 30.4 Å². The van der Waals surface area contributed by atoms with Crippen LogP contribution in [-0.4, -0.2) is 42.0 Å². The van der Waals surface area contributed by atoms with Crippen LogP contribution in [0.4, 0.5) is 16.2 Å². The Morgan fingerprint density at radius 3 is 2.48 bits per heavy atom. The van der Waals surface area contributed by atoms with Gasteiger partial charge in [-0.25, -0.2) is 4.79 Å². The van der Waals surface area contributed by atoms with Gasteiger partial charge in [-0.3, -0.25) is 14.7 Å². The molecule has 0 aliphatic carbocycles. The van der Waals surface area contributed by atoms with E-state index in [0.717, 1.165) is 11.1 Å². The van der Waals surface area contributed by atoms with Crippen LogP contribution in [0.2, 0.25) is 10.0 Å². The highest BCUT2D eigenvalue weighted by Gasteiger charge is 2.30. The maximum Gasteiger partial charge on any atom is 0.324 e. The minimum Gasteiger partial charge on any atom is -0.326 e. The first-order valence-corrected chi connectivity index (χ1v) is 10.3. The van der Waals surface area contributed by atoms with E-state index < -0.39 is 5.91 Å². The third kappa shape index (κ3) is 3.54. The summed E-state index contributed by atoms with van der Waals surface area (Å²) in [7, 11) is 1.76. The van der Waals surface area contributed by atoms with E-state index in [1.54, 1.807) is 53.4 Å². The molecule has 2 heterocycles. The molecule has 0 spiro atoms. The molecule has 1 aliphatic heterocycles. The number of pyridine rings is 1. The van der Waals surface area contributed by atoms with Crippen LogP contribution in [0, 0.1) is 0 Å². The molecule has 1 aromatic heterocycles. The maximum absolute atomic E-state index is 12.8. The second kappa shape index (κ2) is 7.82. The van der Waals surface area contributed by atoms with Crippen molar-refractivity contribution in [1.29, 1.82) is 0 Å². The lowest BCUT2D eigenvalue weighted by atomic mass is 10.1. The molecule has 1 N–H and O–H groups in total. The van der Waals surface area contributed by atoms with Crippen LogP contribution >= 0.6 is 39.1 Å². The lowest BCUT2D eigenvalue weighted by Gasteiger charge is -2.20. The highest BCUT2D eigenvalue weighted by atomic mass is 79.9. The number of likely N-dealkylation sites (N-methyl/N-ethyl adjacent to an activating group) is 1. The van der Waals surface area contributed by atoms with Crippen LogP contribution in [-0.2, 0) is 0 Å². The molecule has 0 unspecified atom stereocenters. The molecule has 0 atom stereocenters. The van der Waals surface area contributed by atoms with Gasteiger partial charge in [-0.1, -0.05) is 41.4 Å². The normalized spacial score (nSPS) is 14.0. The average Bonchev–Trinajstić information content (AvgIpc) is 3.00. The van der Waals surface area contributed by atoms with Crippen molar-refractivity contribution in [3.8, 4) is 0 Å². The van der Waals surface area contributed by atoms with Gasteiger partial charge in [-0.15, -0.1) is 0 Å². The average molecular weight is 494 g/mol. The highest BCUT2D eigenvalue weighted by molar-refractivity contribution is 9.10. The fourth-order valence-corrected chi connectivity index (χ4v) is 4.41. The summed E-state index contributed by atoms with van der Waals surface area (Å²) in [5.41, 5.74) is 1.97. The van der Waals surface area contributed by atoms with E-state index in [4.69, 9.17) is 23.2 Å². The Bertz CT molecular complexity index is 1130. The molecular weight excluding hydrogens is 479 g/mol. The minimum absolute atomic E-state index is 0.0875. The van der Waals surface area contributed by atoms with Gasteiger partial charge < -0.3 is 10.2 Å². The van der Waals surface area contributed by atoms with E-state index in [2.05, 4.69) is 26.2 Å². The molecule has 1 aliphatic rings. The van der Waals surface area contributed by atoms with Crippen molar-refractivity contribution in [2.45, 2.75) is 0 Å². The van der Waals surface area contributed by atoms with E-state index in [0.29, 0.717) is 28.8 Å². The number of hydrogen-bond acceptors (Lipinski definition) is 3. The zero-order chi connectivity index (χ0) is 20.7. The Balaban J connectivity index is 1.79. The van der Waals surface area contributed by atoms with Crippen molar-refractivity contribution in [1.82, 2.24) is 9.88 Å². The van der Waals surface area contributed by atoms with E-state index in [9.17, 15) is 9.59 Å². The van der Waals surface area contributed by atoms with Crippen molar-refractivity contribution in [3.63, 3.8) is 0 Å². The number of nitrogens with one attached hydrogen (secondary N) is 1. The van der Waals surface area contributed by atoms with Crippen molar-refractivity contribution in [2.24, 2.45) is 0 Å². The molecule has 0 radical (unpaired) electrons.